The fourth-order valence-electron chi connectivity index (χ4n) is 2.01. The molecule has 1 aromatic rings. The monoisotopic (exact) mass is 252 g/mol. The highest BCUT2D eigenvalue weighted by atomic mass is 16.2. The fourth-order valence-corrected chi connectivity index (χ4v) is 2.01. The molecule has 0 radical (unpaired) electrons. The van der Waals surface area contributed by atoms with Gasteiger partial charge in [0, 0.05) is 33.2 Å². The van der Waals surface area contributed by atoms with Crippen molar-refractivity contribution in [2.24, 2.45) is 7.05 Å². The van der Waals surface area contributed by atoms with Gasteiger partial charge in [0.15, 0.2) is 0 Å². The fraction of sp³-hybridized carbons (Fsp3) is 0.727. The van der Waals surface area contributed by atoms with Gasteiger partial charge in [-0.1, -0.05) is 0 Å². The van der Waals surface area contributed by atoms with Crippen LogP contribution in [0, 0.1) is 0 Å². The van der Waals surface area contributed by atoms with Crippen molar-refractivity contribution in [3.05, 3.63) is 12.2 Å². The van der Waals surface area contributed by atoms with Gasteiger partial charge in [-0.3, -0.25) is 14.4 Å². The van der Waals surface area contributed by atoms with E-state index < -0.39 is 0 Å². The van der Waals surface area contributed by atoms with Crippen molar-refractivity contribution >= 4 is 5.91 Å². The summed E-state index contributed by atoms with van der Waals surface area (Å²) in [6.45, 7) is 4.44. The second kappa shape index (κ2) is 5.92. The summed E-state index contributed by atoms with van der Waals surface area (Å²) in [5.74, 6) is 1.05. The SMILES string of the molecule is CN(CC(=O)N1CCNCC1)Cc1ncnn1C. The highest BCUT2D eigenvalue weighted by Gasteiger charge is 2.18. The molecule has 0 aliphatic carbocycles. The molecule has 7 heteroatoms. The van der Waals surface area contributed by atoms with Gasteiger partial charge in [-0.05, 0) is 7.05 Å². The van der Waals surface area contributed by atoms with Crippen molar-refractivity contribution in [1.82, 2.24) is 29.9 Å². The van der Waals surface area contributed by atoms with Gasteiger partial charge in [0.25, 0.3) is 0 Å². The van der Waals surface area contributed by atoms with Crippen LogP contribution in [0.2, 0.25) is 0 Å². The molecule has 0 saturated carbocycles. The number of amides is 1. The van der Waals surface area contributed by atoms with Gasteiger partial charge < -0.3 is 10.2 Å². The predicted octanol–water partition coefficient (Wildman–Crippen LogP) is -1.32. The molecule has 2 rings (SSSR count). The Morgan fingerprint density at radius 2 is 2.22 bits per heavy atom. The van der Waals surface area contributed by atoms with E-state index in [1.54, 1.807) is 4.68 Å². The molecule has 1 N–H and O–H groups in total. The number of hydrogen-bond donors (Lipinski definition) is 1. The third kappa shape index (κ3) is 3.27. The molecule has 1 amide bonds. The Kier molecular flexibility index (Phi) is 4.27. The first kappa shape index (κ1) is 13.0. The van der Waals surface area contributed by atoms with Crippen LogP contribution in [-0.2, 0) is 18.4 Å². The zero-order valence-corrected chi connectivity index (χ0v) is 11.0. The van der Waals surface area contributed by atoms with Crippen molar-refractivity contribution in [3.63, 3.8) is 0 Å². The van der Waals surface area contributed by atoms with E-state index in [0.29, 0.717) is 13.1 Å². The van der Waals surface area contributed by atoms with Gasteiger partial charge in [0.1, 0.15) is 12.2 Å². The van der Waals surface area contributed by atoms with E-state index in [2.05, 4.69) is 15.4 Å². The molecular weight excluding hydrogens is 232 g/mol. The minimum absolute atomic E-state index is 0.182. The molecule has 1 aliphatic rings. The molecule has 18 heavy (non-hydrogen) atoms. The minimum Gasteiger partial charge on any atom is -0.339 e. The van der Waals surface area contributed by atoms with Crippen molar-refractivity contribution in [1.29, 1.82) is 0 Å². The first-order valence-electron chi connectivity index (χ1n) is 6.16. The number of nitrogens with one attached hydrogen (secondary N) is 1. The summed E-state index contributed by atoms with van der Waals surface area (Å²) in [6, 6.07) is 0. The summed E-state index contributed by atoms with van der Waals surface area (Å²) in [6.07, 6.45) is 1.53. The zero-order chi connectivity index (χ0) is 13.0. The van der Waals surface area contributed by atoms with Gasteiger partial charge in [-0.2, -0.15) is 5.10 Å². The number of rotatable bonds is 4. The lowest BCUT2D eigenvalue weighted by atomic mass is 10.3. The van der Waals surface area contributed by atoms with Crippen LogP contribution in [0.15, 0.2) is 6.33 Å². The number of likely N-dealkylation sites (N-methyl/N-ethyl adjacent to an activating group) is 1. The van der Waals surface area contributed by atoms with E-state index in [1.165, 1.54) is 6.33 Å². The topological polar surface area (TPSA) is 66.3 Å². The normalized spacial score (nSPS) is 16.3. The molecule has 1 aliphatic heterocycles. The number of carbonyl (C=O) groups excluding carboxylic acids is 1. The first-order valence-corrected chi connectivity index (χ1v) is 6.16. The summed E-state index contributed by atoms with van der Waals surface area (Å²) >= 11 is 0. The summed E-state index contributed by atoms with van der Waals surface area (Å²) < 4.78 is 1.73. The number of aryl methyl sites for hydroxylation is 1. The van der Waals surface area contributed by atoms with Crippen LogP contribution in [0.5, 0.6) is 0 Å². The maximum atomic E-state index is 12.0. The zero-order valence-electron chi connectivity index (χ0n) is 11.0. The number of hydrogen-bond acceptors (Lipinski definition) is 5. The Bertz CT molecular complexity index is 398. The average molecular weight is 252 g/mol. The van der Waals surface area contributed by atoms with E-state index in [0.717, 1.165) is 32.0 Å². The second-order valence-corrected chi connectivity index (χ2v) is 4.60. The Morgan fingerprint density at radius 3 is 2.83 bits per heavy atom. The number of nitrogens with zero attached hydrogens (tertiary/aromatic N) is 5. The molecule has 0 atom stereocenters. The van der Waals surface area contributed by atoms with E-state index >= 15 is 0 Å². The molecule has 1 saturated heterocycles. The summed E-state index contributed by atoms with van der Waals surface area (Å²) in [7, 11) is 3.78. The van der Waals surface area contributed by atoms with Gasteiger partial charge >= 0.3 is 0 Å². The van der Waals surface area contributed by atoms with Crippen LogP contribution in [0.3, 0.4) is 0 Å². The highest BCUT2D eigenvalue weighted by molar-refractivity contribution is 5.78. The second-order valence-electron chi connectivity index (χ2n) is 4.60. The highest BCUT2D eigenvalue weighted by Crippen LogP contribution is 2.00. The maximum Gasteiger partial charge on any atom is 0.236 e. The van der Waals surface area contributed by atoms with Crippen LogP contribution in [0.25, 0.3) is 0 Å². The smallest absolute Gasteiger partial charge is 0.236 e. The molecule has 0 aromatic carbocycles. The Balaban J connectivity index is 1.81. The van der Waals surface area contributed by atoms with Crippen LogP contribution in [0.4, 0.5) is 0 Å². The molecule has 100 valence electrons. The van der Waals surface area contributed by atoms with Gasteiger partial charge in [-0.15, -0.1) is 0 Å². The van der Waals surface area contributed by atoms with Crippen LogP contribution < -0.4 is 5.32 Å². The lowest BCUT2D eigenvalue weighted by molar-refractivity contribution is -0.132. The lowest BCUT2D eigenvalue weighted by Gasteiger charge is -2.29. The lowest BCUT2D eigenvalue weighted by Crippen LogP contribution is -2.49. The number of piperazine rings is 1. The van der Waals surface area contributed by atoms with Crippen molar-refractivity contribution in [2.45, 2.75) is 6.54 Å². The van der Waals surface area contributed by atoms with Crippen LogP contribution in [0.1, 0.15) is 5.82 Å². The third-order valence-electron chi connectivity index (χ3n) is 3.09. The van der Waals surface area contributed by atoms with E-state index in [-0.39, 0.29) is 5.91 Å². The molecule has 7 nitrogen and oxygen atoms in total. The largest absolute Gasteiger partial charge is 0.339 e. The van der Waals surface area contributed by atoms with E-state index in [4.69, 9.17) is 0 Å². The Hall–Kier alpha value is -1.47. The van der Waals surface area contributed by atoms with Crippen LogP contribution >= 0.6 is 0 Å². The first-order chi connectivity index (χ1) is 8.66. The van der Waals surface area contributed by atoms with Crippen molar-refractivity contribution < 1.29 is 4.79 Å². The van der Waals surface area contributed by atoms with E-state index in [9.17, 15) is 4.79 Å². The van der Waals surface area contributed by atoms with Gasteiger partial charge in [-0.25, -0.2) is 4.98 Å². The Labute approximate surface area is 107 Å². The quantitative estimate of drug-likeness (QED) is 0.720. The van der Waals surface area contributed by atoms with Crippen molar-refractivity contribution in [2.75, 3.05) is 39.8 Å². The molecule has 0 unspecified atom stereocenters. The minimum atomic E-state index is 0.182. The molecule has 1 aromatic heterocycles. The number of aromatic nitrogens is 3. The van der Waals surface area contributed by atoms with Gasteiger partial charge in [0.2, 0.25) is 5.91 Å². The predicted molar refractivity (Wildman–Crippen MR) is 66.8 cm³/mol. The summed E-state index contributed by atoms with van der Waals surface area (Å²) in [4.78, 5) is 20.1. The van der Waals surface area contributed by atoms with Crippen molar-refractivity contribution in [3.8, 4) is 0 Å². The maximum absolute atomic E-state index is 12.0. The molecule has 0 bridgehead atoms. The molecular formula is C11H20N6O. The third-order valence-corrected chi connectivity index (χ3v) is 3.09. The van der Waals surface area contributed by atoms with E-state index in [1.807, 2.05) is 23.9 Å². The summed E-state index contributed by atoms with van der Waals surface area (Å²) in [5.41, 5.74) is 0. The molecule has 1 fully saturated rings. The molecule has 2 heterocycles. The van der Waals surface area contributed by atoms with Crippen LogP contribution in [-0.4, -0.2) is 70.2 Å². The Morgan fingerprint density at radius 1 is 1.50 bits per heavy atom. The molecule has 0 spiro atoms. The van der Waals surface area contributed by atoms with Gasteiger partial charge in [0.05, 0.1) is 13.1 Å². The summed E-state index contributed by atoms with van der Waals surface area (Å²) in [5, 5.41) is 7.25. The number of carbonyl (C=O) groups is 1. The standard InChI is InChI=1S/C11H20N6O/c1-15(7-10-13-9-14-16(10)2)8-11(18)17-5-3-12-4-6-17/h9,12H,3-8H2,1-2H3. The average Bonchev–Trinajstić information content (AvgIpc) is 2.76.